The van der Waals surface area contributed by atoms with E-state index < -0.39 is 0 Å². The van der Waals surface area contributed by atoms with Crippen LogP contribution in [0.15, 0.2) is 48.5 Å². The molecule has 0 atom stereocenters. The second-order valence-electron chi connectivity index (χ2n) is 6.25. The number of rotatable bonds is 9. The standard InChI is InChI=1S/C21H26N2O4/c1-4-26-11-12-27-19-10-5-7-16(13-19)21(25)23-18-9-6-8-17(14-18)22-20(24)15(2)3/h5-10,13-15H,4,11-12H2,1-3H3,(H,22,24)(H,23,25). The zero-order chi connectivity index (χ0) is 19.6. The number of carbonyl (C=O) groups is 2. The quantitative estimate of drug-likeness (QED) is 0.655. The van der Waals surface area contributed by atoms with Crippen LogP contribution >= 0.6 is 0 Å². The molecule has 2 N–H and O–H groups in total. The van der Waals surface area contributed by atoms with Crippen LogP contribution in [0.4, 0.5) is 11.4 Å². The molecule has 0 aliphatic carbocycles. The van der Waals surface area contributed by atoms with Gasteiger partial charge in [-0.05, 0) is 43.3 Å². The molecule has 144 valence electrons. The predicted octanol–water partition coefficient (Wildman–Crippen LogP) is 3.95. The number of benzene rings is 2. The Labute approximate surface area is 159 Å². The highest BCUT2D eigenvalue weighted by molar-refractivity contribution is 6.05. The van der Waals surface area contributed by atoms with E-state index in [-0.39, 0.29) is 17.7 Å². The van der Waals surface area contributed by atoms with Crippen LogP contribution in [0.25, 0.3) is 0 Å². The molecule has 2 aromatic rings. The zero-order valence-electron chi connectivity index (χ0n) is 16.0. The molecular formula is C21H26N2O4. The highest BCUT2D eigenvalue weighted by Crippen LogP contribution is 2.18. The summed E-state index contributed by atoms with van der Waals surface area (Å²) >= 11 is 0. The molecule has 0 aromatic heterocycles. The van der Waals surface area contributed by atoms with Gasteiger partial charge in [-0.2, -0.15) is 0 Å². The molecule has 0 unspecified atom stereocenters. The first kappa shape index (κ1) is 20.5. The Balaban J connectivity index is 1.99. The fraction of sp³-hybridized carbons (Fsp3) is 0.333. The van der Waals surface area contributed by atoms with Crippen molar-refractivity contribution in [1.82, 2.24) is 0 Å². The third kappa shape index (κ3) is 6.75. The maximum atomic E-state index is 12.5. The summed E-state index contributed by atoms with van der Waals surface area (Å²) in [4.78, 5) is 24.3. The van der Waals surface area contributed by atoms with E-state index in [1.807, 2.05) is 20.8 Å². The molecule has 6 nitrogen and oxygen atoms in total. The molecular weight excluding hydrogens is 344 g/mol. The van der Waals surface area contributed by atoms with E-state index in [0.29, 0.717) is 42.5 Å². The Morgan fingerprint density at radius 2 is 1.67 bits per heavy atom. The molecule has 0 radical (unpaired) electrons. The van der Waals surface area contributed by atoms with Gasteiger partial charge in [-0.25, -0.2) is 0 Å². The van der Waals surface area contributed by atoms with Gasteiger partial charge in [0.2, 0.25) is 5.91 Å². The van der Waals surface area contributed by atoms with Crippen molar-refractivity contribution in [2.75, 3.05) is 30.5 Å². The average Bonchev–Trinajstić information content (AvgIpc) is 2.65. The topological polar surface area (TPSA) is 76.7 Å². The summed E-state index contributed by atoms with van der Waals surface area (Å²) in [6, 6.07) is 14.0. The van der Waals surface area contributed by atoms with Crippen molar-refractivity contribution in [2.24, 2.45) is 5.92 Å². The van der Waals surface area contributed by atoms with E-state index in [1.54, 1.807) is 48.5 Å². The molecule has 0 spiro atoms. The van der Waals surface area contributed by atoms with Gasteiger partial charge < -0.3 is 20.1 Å². The number of anilines is 2. The summed E-state index contributed by atoms with van der Waals surface area (Å²) in [6.45, 7) is 7.14. The van der Waals surface area contributed by atoms with Gasteiger partial charge >= 0.3 is 0 Å². The van der Waals surface area contributed by atoms with Crippen LogP contribution in [0.2, 0.25) is 0 Å². The van der Waals surface area contributed by atoms with Crippen molar-refractivity contribution in [1.29, 1.82) is 0 Å². The summed E-state index contributed by atoms with van der Waals surface area (Å²) in [6.07, 6.45) is 0. The van der Waals surface area contributed by atoms with Crippen LogP contribution in [0.5, 0.6) is 5.75 Å². The summed E-state index contributed by atoms with van der Waals surface area (Å²) < 4.78 is 10.8. The van der Waals surface area contributed by atoms with Crippen LogP contribution in [-0.2, 0) is 9.53 Å². The van der Waals surface area contributed by atoms with Crippen molar-refractivity contribution in [2.45, 2.75) is 20.8 Å². The molecule has 27 heavy (non-hydrogen) atoms. The largest absolute Gasteiger partial charge is 0.491 e. The molecule has 6 heteroatoms. The Hall–Kier alpha value is -2.86. The fourth-order valence-electron chi connectivity index (χ4n) is 2.25. The first-order chi connectivity index (χ1) is 13.0. The summed E-state index contributed by atoms with van der Waals surface area (Å²) in [5.74, 6) is 0.169. The number of ether oxygens (including phenoxy) is 2. The van der Waals surface area contributed by atoms with E-state index >= 15 is 0 Å². The van der Waals surface area contributed by atoms with Crippen LogP contribution in [0.3, 0.4) is 0 Å². The minimum absolute atomic E-state index is 0.0737. The Kier molecular flexibility index (Phi) is 7.82. The molecule has 0 aliphatic rings. The predicted molar refractivity (Wildman–Crippen MR) is 106 cm³/mol. The maximum Gasteiger partial charge on any atom is 0.255 e. The SMILES string of the molecule is CCOCCOc1cccc(C(=O)Nc2cccc(NC(=O)C(C)C)c2)c1. The molecule has 2 rings (SSSR count). The number of amides is 2. The van der Waals surface area contributed by atoms with Gasteiger partial charge in [0, 0.05) is 29.5 Å². The first-order valence-electron chi connectivity index (χ1n) is 9.02. The monoisotopic (exact) mass is 370 g/mol. The second kappa shape index (κ2) is 10.3. The zero-order valence-corrected chi connectivity index (χ0v) is 16.0. The van der Waals surface area contributed by atoms with Crippen LogP contribution in [0.1, 0.15) is 31.1 Å². The van der Waals surface area contributed by atoms with Gasteiger partial charge in [0.15, 0.2) is 0 Å². The minimum Gasteiger partial charge on any atom is -0.491 e. The minimum atomic E-state index is -0.252. The normalized spacial score (nSPS) is 10.5. The summed E-state index contributed by atoms with van der Waals surface area (Å²) in [7, 11) is 0. The smallest absolute Gasteiger partial charge is 0.255 e. The van der Waals surface area contributed by atoms with E-state index in [1.165, 1.54) is 0 Å². The molecule has 2 aromatic carbocycles. The third-order valence-corrected chi connectivity index (χ3v) is 3.71. The van der Waals surface area contributed by atoms with E-state index in [0.717, 1.165) is 0 Å². The number of hydrogen-bond donors (Lipinski definition) is 2. The van der Waals surface area contributed by atoms with Gasteiger partial charge in [0.05, 0.1) is 6.61 Å². The second-order valence-corrected chi connectivity index (χ2v) is 6.25. The first-order valence-corrected chi connectivity index (χ1v) is 9.02. The summed E-state index contributed by atoms with van der Waals surface area (Å²) in [5.41, 5.74) is 1.73. The molecule has 2 amide bonds. The molecule has 0 saturated heterocycles. The van der Waals surface area contributed by atoms with Crippen molar-refractivity contribution in [3.05, 3.63) is 54.1 Å². The van der Waals surface area contributed by atoms with E-state index in [9.17, 15) is 9.59 Å². The Morgan fingerprint density at radius 3 is 2.37 bits per heavy atom. The lowest BCUT2D eigenvalue weighted by Gasteiger charge is -2.11. The number of hydrogen-bond acceptors (Lipinski definition) is 4. The van der Waals surface area contributed by atoms with E-state index in [2.05, 4.69) is 10.6 Å². The molecule has 0 bridgehead atoms. The van der Waals surface area contributed by atoms with Gasteiger partial charge in [0.1, 0.15) is 12.4 Å². The lowest BCUT2D eigenvalue weighted by molar-refractivity contribution is -0.118. The van der Waals surface area contributed by atoms with Gasteiger partial charge in [-0.3, -0.25) is 9.59 Å². The third-order valence-electron chi connectivity index (χ3n) is 3.71. The van der Waals surface area contributed by atoms with Crippen molar-refractivity contribution in [3.63, 3.8) is 0 Å². The molecule has 0 heterocycles. The van der Waals surface area contributed by atoms with Gasteiger partial charge in [-0.15, -0.1) is 0 Å². The maximum absolute atomic E-state index is 12.5. The lowest BCUT2D eigenvalue weighted by Crippen LogP contribution is -2.18. The Morgan fingerprint density at radius 1 is 0.963 bits per heavy atom. The molecule has 0 saturated carbocycles. The van der Waals surface area contributed by atoms with Crippen molar-refractivity contribution >= 4 is 23.2 Å². The van der Waals surface area contributed by atoms with Gasteiger partial charge in [-0.1, -0.05) is 26.0 Å². The van der Waals surface area contributed by atoms with Crippen LogP contribution in [0, 0.1) is 5.92 Å². The van der Waals surface area contributed by atoms with Crippen LogP contribution in [-0.4, -0.2) is 31.6 Å². The molecule has 0 aliphatic heterocycles. The summed E-state index contributed by atoms with van der Waals surface area (Å²) in [5, 5.41) is 5.65. The Bertz CT molecular complexity index is 774. The highest BCUT2D eigenvalue weighted by atomic mass is 16.5. The van der Waals surface area contributed by atoms with Gasteiger partial charge in [0.25, 0.3) is 5.91 Å². The van der Waals surface area contributed by atoms with Crippen molar-refractivity contribution in [3.8, 4) is 5.75 Å². The molecule has 0 fully saturated rings. The highest BCUT2D eigenvalue weighted by Gasteiger charge is 2.10. The number of nitrogens with one attached hydrogen (secondary N) is 2. The lowest BCUT2D eigenvalue weighted by atomic mass is 10.2. The van der Waals surface area contributed by atoms with Crippen molar-refractivity contribution < 1.29 is 19.1 Å². The van der Waals surface area contributed by atoms with Crippen LogP contribution < -0.4 is 15.4 Å². The van der Waals surface area contributed by atoms with E-state index in [4.69, 9.17) is 9.47 Å². The average molecular weight is 370 g/mol. The fourth-order valence-corrected chi connectivity index (χ4v) is 2.25. The number of carbonyl (C=O) groups excluding carboxylic acids is 2.